The minimum absolute atomic E-state index is 0. The number of likely N-dealkylation sites (N-methyl/N-ethyl adjacent to an activating group) is 1. The van der Waals surface area contributed by atoms with Crippen molar-refractivity contribution >= 4 is 33.3 Å². The highest BCUT2D eigenvalue weighted by atomic mass is 127. The maximum absolute atomic E-state index is 2.42. The minimum Gasteiger partial charge on any atom is -1.00 e. The van der Waals surface area contributed by atoms with Crippen molar-refractivity contribution in [3.63, 3.8) is 0 Å². The van der Waals surface area contributed by atoms with E-state index in [-0.39, 0.29) is 24.0 Å². The summed E-state index contributed by atoms with van der Waals surface area (Å²) in [5.41, 5.74) is 5.49. The molecular weight excluding hydrogens is 451 g/mol. The second-order valence-corrected chi connectivity index (χ2v) is 7.28. The molecule has 2 heterocycles. The molecule has 3 aromatic rings. The number of allylic oxidation sites excluding steroid dienone is 3. The zero-order chi connectivity index (χ0) is 17.2. The number of halogens is 1. The monoisotopic (exact) mass is 474 g/mol. The predicted molar refractivity (Wildman–Crippen MR) is 108 cm³/mol. The van der Waals surface area contributed by atoms with Crippen molar-refractivity contribution in [3.05, 3.63) is 77.0 Å². The summed E-state index contributed by atoms with van der Waals surface area (Å²) in [5, 5.41) is 1.30. The molecule has 1 aromatic heterocycles. The van der Waals surface area contributed by atoms with E-state index in [9.17, 15) is 0 Å². The molecule has 0 fully saturated rings. The van der Waals surface area contributed by atoms with Crippen LogP contribution in [-0.2, 0) is 13.0 Å². The summed E-state index contributed by atoms with van der Waals surface area (Å²) in [4.78, 5) is 2.42. The normalized spacial score (nSPS) is 15.0. The summed E-state index contributed by atoms with van der Waals surface area (Å²) in [6.07, 6.45) is 7.75. The Balaban J connectivity index is 0.00000196. The van der Waals surface area contributed by atoms with Crippen LogP contribution in [0.3, 0.4) is 0 Å². The minimum atomic E-state index is 0. The first-order valence-electron chi connectivity index (χ1n) is 8.96. The lowest BCUT2D eigenvalue weighted by atomic mass is 10.1. The largest absolute Gasteiger partial charge is 1.00 e. The van der Waals surface area contributed by atoms with Gasteiger partial charge in [0.05, 0.1) is 0 Å². The molecule has 1 aliphatic heterocycles. The van der Waals surface area contributed by atoms with Gasteiger partial charge in [-0.15, -0.1) is 0 Å². The van der Waals surface area contributed by atoms with Crippen LogP contribution in [0.25, 0.3) is 16.3 Å². The number of aryl methyl sites for hydroxylation is 1. The first kappa shape index (κ1) is 19.1. The molecule has 0 saturated carbocycles. The van der Waals surface area contributed by atoms with Crippen molar-refractivity contribution in [2.75, 3.05) is 11.4 Å². The summed E-state index contributed by atoms with van der Waals surface area (Å²) < 4.78 is 3.73. The van der Waals surface area contributed by atoms with Gasteiger partial charge in [-0.05, 0) is 37.6 Å². The van der Waals surface area contributed by atoms with Crippen molar-refractivity contribution in [3.8, 4) is 0 Å². The highest BCUT2D eigenvalue weighted by molar-refractivity contribution is 7.18. The Morgan fingerprint density at radius 3 is 2.65 bits per heavy atom. The number of hydrogen-bond donors (Lipinski definition) is 0. The number of anilines is 1. The Hall–Kier alpha value is -1.66. The van der Waals surface area contributed by atoms with E-state index in [1.807, 2.05) is 11.3 Å². The molecule has 2 aromatic carbocycles. The fraction of sp³-hybridized carbons (Fsp3) is 0.227. The van der Waals surface area contributed by atoms with E-state index in [1.165, 1.54) is 32.2 Å². The third kappa shape index (κ3) is 3.45. The lowest BCUT2D eigenvalue weighted by Crippen LogP contribution is -3.00. The van der Waals surface area contributed by atoms with Crippen molar-refractivity contribution in [2.45, 2.75) is 26.8 Å². The van der Waals surface area contributed by atoms with Gasteiger partial charge in [-0.3, -0.25) is 0 Å². The van der Waals surface area contributed by atoms with Crippen molar-refractivity contribution < 1.29 is 28.5 Å². The SMILES string of the molecule is CCN1C(=CC=Cc2sc3ccccc3[n+]2CC)Cc2ccccc21.[I-]. The predicted octanol–water partition coefficient (Wildman–Crippen LogP) is 2.19. The Kier molecular flexibility index (Phi) is 6.14. The number of hydrogen-bond acceptors (Lipinski definition) is 2. The molecule has 0 N–H and O–H groups in total. The Bertz CT molecular complexity index is 971. The van der Waals surface area contributed by atoms with Crippen LogP contribution in [0.1, 0.15) is 24.4 Å². The number of rotatable bonds is 4. The van der Waals surface area contributed by atoms with E-state index < -0.39 is 0 Å². The topological polar surface area (TPSA) is 7.12 Å². The summed E-state index contributed by atoms with van der Waals surface area (Å²) >= 11 is 1.86. The van der Waals surface area contributed by atoms with Crippen LogP contribution in [0, 0.1) is 0 Å². The summed E-state index contributed by atoms with van der Waals surface area (Å²) in [7, 11) is 0. The molecule has 0 aliphatic carbocycles. The van der Waals surface area contributed by atoms with Crippen molar-refractivity contribution in [1.82, 2.24) is 0 Å². The highest BCUT2D eigenvalue weighted by Crippen LogP contribution is 2.33. The number of aromatic nitrogens is 1. The van der Waals surface area contributed by atoms with Crippen LogP contribution in [0.4, 0.5) is 5.69 Å². The van der Waals surface area contributed by atoms with Gasteiger partial charge in [-0.25, -0.2) is 0 Å². The van der Waals surface area contributed by atoms with E-state index in [4.69, 9.17) is 0 Å². The molecule has 26 heavy (non-hydrogen) atoms. The van der Waals surface area contributed by atoms with E-state index in [1.54, 1.807) is 0 Å². The average Bonchev–Trinajstić information content (AvgIpc) is 3.18. The Morgan fingerprint density at radius 2 is 1.85 bits per heavy atom. The van der Waals surface area contributed by atoms with E-state index >= 15 is 0 Å². The van der Waals surface area contributed by atoms with Crippen molar-refractivity contribution in [1.29, 1.82) is 0 Å². The molecule has 0 radical (unpaired) electrons. The standard InChI is InChI=1S/C22H23N2S.HI/c1-3-23-18(16-17-10-5-6-12-19(17)23)11-9-15-22-24(4-2)20-13-7-8-14-21(20)25-22;/h5-15H,3-4,16H2,1-2H3;1H/q+1;/p-1. The summed E-state index contributed by atoms with van der Waals surface area (Å²) in [5.74, 6) is 0. The zero-order valence-corrected chi connectivity index (χ0v) is 18.1. The lowest BCUT2D eigenvalue weighted by molar-refractivity contribution is -0.665. The second-order valence-electron chi connectivity index (χ2n) is 6.22. The average molecular weight is 474 g/mol. The molecule has 0 bridgehead atoms. The molecule has 4 rings (SSSR count). The number of nitrogens with zero attached hydrogens (tertiary/aromatic N) is 2. The van der Waals surface area contributed by atoms with Crippen LogP contribution in [0.2, 0.25) is 0 Å². The molecule has 1 aliphatic rings. The molecule has 0 spiro atoms. The first-order valence-corrected chi connectivity index (χ1v) is 9.77. The van der Waals surface area contributed by atoms with Gasteiger partial charge in [0.15, 0.2) is 0 Å². The third-order valence-corrected chi connectivity index (χ3v) is 5.93. The maximum Gasteiger partial charge on any atom is 0.262 e. The smallest absolute Gasteiger partial charge is 0.262 e. The van der Waals surface area contributed by atoms with Gasteiger partial charge in [-0.1, -0.05) is 47.7 Å². The van der Waals surface area contributed by atoms with Crippen LogP contribution in [-0.4, -0.2) is 6.54 Å². The van der Waals surface area contributed by atoms with E-state index in [0.717, 1.165) is 19.5 Å². The van der Waals surface area contributed by atoms with Crippen LogP contribution < -0.4 is 33.4 Å². The van der Waals surface area contributed by atoms with Gasteiger partial charge in [0, 0.05) is 36.5 Å². The molecule has 0 saturated heterocycles. The van der Waals surface area contributed by atoms with Crippen LogP contribution in [0.15, 0.2) is 66.4 Å². The third-order valence-electron chi connectivity index (χ3n) is 4.80. The number of para-hydroxylation sites is 2. The molecule has 0 unspecified atom stereocenters. The molecule has 2 nitrogen and oxygen atoms in total. The van der Waals surface area contributed by atoms with Gasteiger partial charge in [-0.2, -0.15) is 4.57 Å². The maximum atomic E-state index is 2.42. The number of thiazole rings is 1. The van der Waals surface area contributed by atoms with Gasteiger partial charge in [0.2, 0.25) is 5.52 Å². The molecule has 0 atom stereocenters. The van der Waals surface area contributed by atoms with Gasteiger partial charge in [0.25, 0.3) is 5.01 Å². The van der Waals surface area contributed by atoms with Gasteiger partial charge in [0.1, 0.15) is 11.2 Å². The first-order chi connectivity index (χ1) is 12.3. The lowest BCUT2D eigenvalue weighted by Gasteiger charge is -2.18. The molecule has 134 valence electrons. The van der Waals surface area contributed by atoms with Crippen LogP contribution >= 0.6 is 11.3 Å². The Morgan fingerprint density at radius 1 is 1.08 bits per heavy atom. The number of fused-ring (bicyclic) bond motifs is 2. The quantitative estimate of drug-likeness (QED) is 0.416. The van der Waals surface area contributed by atoms with Gasteiger partial charge >= 0.3 is 0 Å². The van der Waals surface area contributed by atoms with E-state index in [2.05, 4.69) is 90.1 Å². The second kappa shape index (κ2) is 8.35. The summed E-state index contributed by atoms with van der Waals surface area (Å²) in [6.45, 7) is 6.43. The van der Waals surface area contributed by atoms with Gasteiger partial charge < -0.3 is 28.9 Å². The molecular formula is C22H23IN2S. The van der Waals surface area contributed by atoms with Crippen LogP contribution in [0.5, 0.6) is 0 Å². The van der Waals surface area contributed by atoms with E-state index in [0.29, 0.717) is 0 Å². The summed E-state index contributed by atoms with van der Waals surface area (Å²) in [6, 6.07) is 17.4. The van der Waals surface area contributed by atoms with Crippen molar-refractivity contribution in [2.24, 2.45) is 0 Å². The highest BCUT2D eigenvalue weighted by Gasteiger charge is 2.21. The fourth-order valence-corrected chi connectivity index (χ4v) is 4.77. The zero-order valence-electron chi connectivity index (χ0n) is 15.2. The Labute approximate surface area is 176 Å². The fourth-order valence-electron chi connectivity index (χ4n) is 3.64. The number of benzene rings is 2. The molecule has 4 heteroatoms. The molecule has 0 amide bonds.